The van der Waals surface area contributed by atoms with E-state index in [1.807, 2.05) is 24.3 Å². The third kappa shape index (κ3) is 4.68. The van der Waals surface area contributed by atoms with Crippen molar-refractivity contribution in [3.63, 3.8) is 0 Å². The summed E-state index contributed by atoms with van der Waals surface area (Å²) in [7, 11) is 6.27. The first kappa shape index (κ1) is 23.5. The molecule has 0 aromatic heterocycles. The molecule has 2 aromatic rings. The molecule has 2 fully saturated rings. The number of carbonyl (C=O) groups excluding carboxylic acids is 3. The maximum atomic E-state index is 14.4. The van der Waals surface area contributed by atoms with Crippen LogP contribution in [0.25, 0.3) is 0 Å². The lowest BCUT2D eigenvalue weighted by molar-refractivity contribution is -0.138. The third-order valence-corrected chi connectivity index (χ3v) is 6.75. The molecule has 3 amide bonds. The molecule has 1 atom stereocenters. The van der Waals surface area contributed by atoms with Crippen LogP contribution in [0.5, 0.6) is 5.75 Å². The monoisotopic (exact) mass is 477 g/mol. The van der Waals surface area contributed by atoms with E-state index >= 15 is 0 Å². The van der Waals surface area contributed by atoms with Crippen LogP contribution in [-0.2, 0) is 34.0 Å². The van der Waals surface area contributed by atoms with Crippen LogP contribution in [0.3, 0.4) is 0 Å². The molecule has 35 heavy (non-hydrogen) atoms. The lowest BCUT2D eigenvalue weighted by Gasteiger charge is -2.40. The fraction of sp³-hybridized carbons (Fsp3) is 0.400. The predicted octanol–water partition coefficient (Wildman–Crippen LogP) is 1.49. The first-order valence-corrected chi connectivity index (χ1v) is 11.6. The number of hydrogen-bond acceptors (Lipinski definition) is 6. The number of imide groups is 1. The summed E-state index contributed by atoms with van der Waals surface area (Å²) in [6, 6.07) is 10.4. The summed E-state index contributed by atoms with van der Waals surface area (Å²) in [5.41, 5.74) is 0.968. The molecule has 0 spiro atoms. The quantitative estimate of drug-likeness (QED) is 0.501. The van der Waals surface area contributed by atoms with E-state index in [1.54, 1.807) is 0 Å². The fourth-order valence-electron chi connectivity index (χ4n) is 4.68. The summed E-state index contributed by atoms with van der Waals surface area (Å²) in [5, 5.41) is 2.19. The minimum absolute atomic E-state index is 0.00707. The van der Waals surface area contributed by atoms with E-state index in [0.29, 0.717) is 5.56 Å². The minimum atomic E-state index is -1.69. The topological polar surface area (TPSA) is 88.2 Å². The van der Waals surface area contributed by atoms with Crippen LogP contribution in [-0.4, -0.2) is 67.1 Å². The molecular formula is C25H25BFN3O5. The Hall–Kier alpha value is -3.24. The standard InChI is InChI=1S/C25H25BFN3O5/c26-25(6-5-22(31)28-24(25)33)30-14-20-19(23(30)32)11-18(27)12-21(20)35-15-17-3-1-16(2-4-17)13-29-7-9-34-10-8-29/h1-4,11-12H,5-10,13-15H2,(H,28,31,33). The van der Waals surface area contributed by atoms with Gasteiger partial charge in [0.2, 0.25) is 11.8 Å². The van der Waals surface area contributed by atoms with Gasteiger partial charge in [-0.25, -0.2) is 4.39 Å². The molecule has 8 nitrogen and oxygen atoms in total. The maximum absolute atomic E-state index is 14.4. The maximum Gasteiger partial charge on any atom is 0.255 e. The average Bonchev–Trinajstić information content (AvgIpc) is 3.19. The normalized spacial score (nSPS) is 22.8. The highest BCUT2D eigenvalue weighted by Crippen LogP contribution is 2.37. The van der Waals surface area contributed by atoms with Gasteiger partial charge in [-0.15, -0.1) is 0 Å². The van der Waals surface area contributed by atoms with Crippen LogP contribution in [0, 0.1) is 5.82 Å². The van der Waals surface area contributed by atoms with Crippen LogP contribution in [0.2, 0.25) is 0 Å². The van der Waals surface area contributed by atoms with E-state index in [4.69, 9.17) is 17.3 Å². The van der Waals surface area contributed by atoms with E-state index < -0.39 is 29.0 Å². The Morgan fingerprint density at radius 3 is 2.51 bits per heavy atom. The second kappa shape index (κ2) is 9.43. The molecule has 1 N–H and O–H groups in total. The van der Waals surface area contributed by atoms with Crippen molar-refractivity contribution in [1.82, 2.24) is 15.1 Å². The smallest absolute Gasteiger partial charge is 0.255 e. The SMILES string of the molecule is [B]C1(N2Cc3c(OCc4ccc(CN5CCOCC5)cc4)cc(F)cc3C2=O)CCC(=O)NC1=O. The van der Waals surface area contributed by atoms with Gasteiger partial charge in [0.15, 0.2) is 0 Å². The van der Waals surface area contributed by atoms with Crippen LogP contribution in [0.15, 0.2) is 36.4 Å². The zero-order valence-corrected chi connectivity index (χ0v) is 19.2. The Kier molecular flexibility index (Phi) is 6.33. The van der Waals surface area contributed by atoms with Gasteiger partial charge in [-0.05, 0) is 23.6 Å². The van der Waals surface area contributed by atoms with E-state index in [2.05, 4.69) is 10.2 Å². The molecule has 5 rings (SSSR count). The average molecular weight is 477 g/mol. The molecular weight excluding hydrogens is 452 g/mol. The molecule has 0 bridgehead atoms. The van der Waals surface area contributed by atoms with Gasteiger partial charge in [0.25, 0.3) is 5.91 Å². The molecule has 10 heteroatoms. The predicted molar refractivity (Wildman–Crippen MR) is 124 cm³/mol. The number of nitrogens with zero attached hydrogens (tertiary/aromatic N) is 2. The van der Waals surface area contributed by atoms with Gasteiger partial charge in [0.1, 0.15) is 26.0 Å². The number of morpholine rings is 1. The van der Waals surface area contributed by atoms with Gasteiger partial charge in [-0.2, -0.15) is 0 Å². The highest BCUT2D eigenvalue weighted by atomic mass is 19.1. The fourth-order valence-corrected chi connectivity index (χ4v) is 4.68. The van der Waals surface area contributed by atoms with Gasteiger partial charge < -0.3 is 14.4 Å². The Morgan fingerprint density at radius 2 is 1.80 bits per heavy atom. The van der Waals surface area contributed by atoms with Gasteiger partial charge in [0.05, 0.1) is 30.8 Å². The molecule has 180 valence electrons. The Morgan fingerprint density at radius 1 is 1.09 bits per heavy atom. The van der Waals surface area contributed by atoms with Crippen molar-refractivity contribution >= 4 is 25.6 Å². The highest BCUT2D eigenvalue weighted by Gasteiger charge is 2.48. The van der Waals surface area contributed by atoms with E-state index in [1.165, 1.54) is 16.5 Å². The molecule has 3 heterocycles. The number of nitrogens with one attached hydrogen (secondary N) is 1. The van der Waals surface area contributed by atoms with Gasteiger partial charge in [0, 0.05) is 37.7 Å². The van der Waals surface area contributed by atoms with E-state index in [-0.39, 0.29) is 37.3 Å². The number of halogens is 1. The molecule has 0 saturated carbocycles. The Labute approximate surface area is 203 Å². The molecule has 3 aliphatic rings. The zero-order valence-electron chi connectivity index (χ0n) is 19.2. The van der Waals surface area contributed by atoms with Gasteiger partial charge in [-0.1, -0.05) is 24.3 Å². The van der Waals surface area contributed by atoms with Crippen molar-refractivity contribution in [2.75, 3.05) is 26.3 Å². The van der Waals surface area contributed by atoms with Gasteiger partial charge >= 0.3 is 0 Å². The lowest BCUT2D eigenvalue weighted by atomic mass is 9.70. The Bertz CT molecular complexity index is 1170. The second-order valence-electron chi connectivity index (χ2n) is 9.12. The van der Waals surface area contributed by atoms with Crippen molar-refractivity contribution in [2.45, 2.75) is 38.0 Å². The number of carbonyl (C=O) groups is 3. The number of hydrogen-bond donors (Lipinski definition) is 1. The lowest BCUT2D eigenvalue weighted by Crippen LogP contribution is -2.63. The molecule has 0 aliphatic carbocycles. The van der Waals surface area contributed by atoms with Crippen molar-refractivity contribution < 1.29 is 28.2 Å². The van der Waals surface area contributed by atoms with Crippen LogP contribution >= 0.6 is 0 Å². The third-order valence-electron chi connectivity index (χ3n) is 6.75. The molecule has 2 aromatic carbocycles. The largest absolute Gasteiger partial charge is 0.488 e. The highest BCUT2D eigenvalue weighted by molar-refractivity contribution is 6.32. The van der Waals surface area contributed by atoms with Crippen LogP contribution in [0.4, 0.5) is 4.39 Å². The molecule has 1 unspecified atom stereocenters. The second-order valence-corrected chi connectivity index (χ2v) is 9.12. The first-order chi connectivity index (χ1) is 16.8. The van der Waals surface area contributed by atoms with Crippen molar-refractivity contribution in [2.24, 2.45) is 0 Å². The number of rotatable bonds is 6. The number of fused-ring (bicyclic) bond motifs is 1. The summed E-state index contributed by atoms with van der Waals surface area (Å²) >= 11 is 0. The summed E-state index contributed by atoms with van der Waals surface area (Å²) < 4.78 is 25.7. The summed E-state index contributed by atoms with van der Waals surface area (Å²) in [6.07, 6.45) is 0.00842. The van der Waals surface area contributed by atoms with Crippen molar-refractivity contribution in [3.8, 4) is 5.75 Å². The zero-order chi connectivity index (χ0) is 24.6. The molecule has 2 saturated heterocycles. The molecule has 3 aliphatic heterocycles. The number of piperidine rings is 1. The summed E-state index contributed by atoms with van der Waals surface area (Å²) in [5.74, 6) is -2.14. The first-order valence-electron chi connectivity index (χ1n) is 11.6. The summed E-state index contributed by atoms with van der Waals surface area (Å²) in [4.78, 5) is 40.6. The Balaban J connectivity index is 1.29. The number of ether oxygens (including phenoxy) is 2. The number of amides is 3. The van der Waals surface area contributed by atoms with Crippen LogP contribution in [0.1, 0.15) is 39.9 Å². The van der Waals surface area contributed by atoms with E-state index in [9.17, 15) is 18.8 Å². The van der Waals surface area contributed by atoms with Crippen molar-refractivity contribution in [1.29, 1.82) is 0 Å². The van der Waals surface area contributed by atoms with Crippen molar-refractivity contribution in [3.05, 3.63) is 64.5 Å². The van der Waals surface area contributed by atoms with Crippen LogP contribution < -0.4 is 10.1 Å². The van der Waals surface area contributed by atoms with Gasteiger partial charge in [-0.3, -0.25) is 24.6 Å². The number of benzene rings is 2. The minimum Gasteiger partial charge on any atom is -0.488 e. The molecule has 2 radical (unpaired) electrons. The van der Waals surface area contributed by atoms with E-state index in [0.717, 1.165) is 44.5 Å². The summed E-state index contributed by atoms with van der Waals surface area (Å²) in [6.45, 7) is 4.33.